The highest BCUT2D eigenvalue weighted by atomic mass is 32.2. The van der Waals surface area contributed by atoms with E-state index >= 15 is 0 Å². The van der Waals surface area contributed by atoms with Crippen LogP contribution in [0, 0.1) is 0 Å². The second-order valence-electron chi connectivity index (χ2n) is 3.06. The third-order valence-corrected chi connectivity index (χ3v) is 2.86. The molecule has 0 saturated heterocycles. The first-order valence-electron chi connectivity index (χ1n) is 4.20. The van der Waals surface area contributed by atoms with Crippen molar-refractivity contribution in [2.45, 2.75) is 17.7 Å². The fraction of sp³-hybridized carbons (Fsp3) is 0.333. The lowest BCUT2D eigenvalue weighted by Crippen LogP contribution is -2.04. The van der Waals surface area contributed by atoms with Crippen molar-refractivity contribution in [2.24, 2.45) is 0 Å². The van der Waals surface area contributed by atoms with Gasteiger partial charge in [0.15, 0.2) is 0 Å². The van der Waals surface area contributed by atoms with Gasteiger partial charge in [0.1, 0.15) is 0 Å². The lowest BCUT2D eigenvalue weighted by Gasteiger charge is -2.00. The fourth-order valence-corrected chi connectivity index (χ4v) is 1.93. The maximum absolute atomic E-state index is 10.4. The molecule has 0 aliphatic heterocycles. The van der Waals surface area contributed by atoms with Gasteiger partial charge in [-0.1, -0.05) is 12.1 Å². The van der Waals surface area contributed by atoms with Crippen LogP contribution in [0.25, 0.3) is 0 Å². The first kappa shape index (κ1) is 11.6. The Morgan fingerprint density at radius 1 is 1.36 bits per heavy atom. The minimum Gasteiger partial charge on any atom is -0.286 e. The van der Waals surface area contributed by atoms with Gasteiger partial charge in [0.05, 0.1) is 5.75 Å². The Hall–Kier alpha value is -0.520. The van der Waals surface area contributed by atoms with Gasteiger partial charge < -0.3 is 0 Å². The van der Waals surface area contributed by atoms with Gasteiger partial charge >= 0.3 is 0 Å². The van der Waals surface area contributed by atoms with Gasteiger partial charge in [-0.3, -0.25) is 4.55 Å². The molecular formula is C9H12O3S2. The first-order chi connectivity index (χ1) is 6.47. The van der Waals surface area contributed by atoms with Crippen molar-refractivity contribution in [3.05, 3.63) is 29.8 Å². The topological polar surface area (TPSA) is 54.4 Å². The van der Waals surface area contributed by atoms with Crippen LogP contribution in [-0.2, 0) is 16.5 Å². The number of hydrogen-bond acceptors (Lipinski definition) is 3. The fourth-order valence-electron chi connectivity index (χ4n) is 1.17. The molecule has 0 radical (unpaired) electrons. The highest BCUT2D eigenvalue weighted by molar-refractivity contribution is 7.85. The molecule has 0 bridgehead atoms. The van der Waals surface area contributed by atoms with E-state index in [0.717, 1.165) is 10.5 Å². The Kier molecular flexibility index (Phi) is 3.97. The summed E-state index contributed by atoms with van der Waals surface area (Å²) in [5.74, 6) is -0.191. The van der Waals surface area contributed by atoms with Crippen LogP contribution >= 0.6 is 12.6 Å². The minimum absolute atomic E-state index is 0.191. The maximum atomic E-state index is 10.4. The summed E-state index contributed by atoms with van der Waals surface area (Å²) in [5.41, 5.74) is 1.03. The van der Waals surface area contributed by atoms with E-state index in [1.54, 1.807) is 0 Å². The first-order valence-corrected chi connectivity index (χ1v) is 6.26. The van der Waals surface area contributed by atoms with Gasteiger partial charge in [-0.05, 0) is 30.5 Å². The summed E-state index contributed by atoms with van der Waals surface area (Å²) in [5, 5.41) is 0. The molecule has 1 N–H and O–H groups in total. The molecule has 3 nitrogen and oxygen atoms in total. The van der Waals surface area contributed by atoms with Crippen molar-refractivity contribution < 1.29 is 13.0 Å². The van der Waals surface area contributed by atoms with Crippen LogP contribution in [0.3, 0.4) is 0 Å². The molecule has 0 aromatic heterocycles. The molecule has 1 rings (SSSR count). The van der Waals surface area contributed by atoms with E-state index in [9.17, 15) is 8.42 Å². The summed E-state index contributed by atoms with van der Waals surface area (Å²) in [6.45, 7) is 0. The van der Waals surface area contributed by atoms with Gasteiger partial charge in [-0.25, -0.2) is 0 Å². The van der Waals surface area contributed by atoms with Crippen LogP contribution in [0.2, 0.25) is 0 Å². The quantitative estimate of drug-likeness (QED) is 0.615. The van der Waals surface area contributed by atoms with Gasteiger partial charge in [-0.15, -0.1) is 12.6 Å². The number of thiol groups is 1. The number of hydrogen-bond donors (Lipinski definition) is 2. The number of benzene rings is 1. The van der Waals surface area contributed by atoms with E-state index in [0.29, 0.717) is 12.8 Å². The average molecular weight is 232 g/mol. The van der Waals surface area contributed by atoms with Crippen LogP contribution in [-0.4, -0.2) is 18.7 Å². The van der Waals surface area contributed by atoms with E-state index in [-0.39, 0.29) is 5.75 Å². The van der Waals surface area contributed by atoms with Crippen molar-refractivity contribution in [2.75, 3.05) is 5.75 Å². The zero-order chi connectivity index (χ0) is 10.6. The predicted octanol–water partition coefficient (Wildman–Crippen LogP) is 1.80. The van der Waals surface area contributed by atoms with E-state index in [1.165, 1.54) is 0 Å². The number of aryl methyl sites for hydroxylation is 1. The van der Waals surface area contributed by atoms with Crippen LogP contribution in [0.1, 0.15) is 12.0 Å². The standard InChI is InChI=1S/C9H12O3S2/c10-14(11,12)6-2-4-8-3-1-5-9(13)7-8/h1,3,5,7,13H,2,4,6H2,(H,10,11,12). The van der Waals surface area contributed by atoms with Crippen LogP contribution in [0.15, 0.2) is 29.2 Å². The summed E-state index contributed by atoms with van der Waals surface area (Å²) >= 11 is 4.17. The molecule has 0 fully saturated rings. The Labute approximate surface area is 89.3 Å². The third kappa shape index (κ3) is 4.64. The molecule has 1 aromatic rings. The Bertz CT molecular complexity index is 398. The molecule has 0 amide bonds. The summed E-state index contributed by atoms with van der Waals surface area (Å²) < 4.78 is 29.4. The zero-order valence-electron chi connectivity index (χ0n) is 7.55. The van der Waals surface area contributed by atoms with Crippen molar-refractivity contribution in [1.82, 2.24) is 0 Å². The second-order valence-corrected chi connectivity index (χ2v) is 5.15. The van der Waals surface area contributed by atoms with Gasteiger partial charge in [0.25, 0.3) is 10.1 Å². The monoisotopic (exact) mass is 232 g/mol. The molecule has 0 atom stereocenters. The summed E-state index contributed by atoms with van der Waals surface area (Å²) in [4.78, 5) is 0.856. The molecule has 0 aliphatic carbocycles. The number of rotatable bonds is 4. The van der Waals surface area contributed by atoms with Crippen molar-refractivity contribution >= 4 is 22.7 Å². The highest BCUT2D eigenvalue weighted by Gasteiger charge is 2.03. The maximum Gasteiger partial charge on any atom is 0.264 e. The normalized spacial score (nSPS) is 11.6. The van der Waals surface area contributed by atoms with Gasteiger partial charge in [0.2, 0.25) is 0 Å². The van der Waals surface area contributed by atoms with Crippen molar-refractivity contribution in [3.63, 3.8) is 0 Å². The average Bonchev–Trinajstić information content (AvgIpc) is 2.01. The summed E-state index contributed by atoms with van der Waals surface area (Å²) in [6, 6.07) is 7.51. The van der Waals surface area contributed by atoms with E-state index in [1.807, 2.05) is 24.3 Å². The van der Waals surface area contributed by atoms with E-state index in [2.05, 4.69) is 12.6 Å². The van der Waals surface area contributed by atoms with Crippen LogP contribution in [0.4, 0.5) is 0 Å². The van der Waals surface area contributed by atoms with Gasteiger partial charge in [0, 0.05) is 4.90 Å². The zero-order valence-corrected chi connectivity index (χ0v) is 9.26. The third-order valence-electron chi connectivity index (χ3n) is 1.78. The smallest absolute Gasteiger partial charge is 0.264 e. The minimum atomic E-state index is -3.82. The lowest BCUT2D eigenvalue weighted by molar-refractivity contribution is 0.481. The molecule has 0 heterocycles. The van der Waals surface area contributed by atoms with E-state index < -0.39 is 10.1 Å². The molecule has 0 aliphatic rings. The van der Waals surface area contributed by atoms with Crippen LogP contribution in [0.5, 0.6) is 0 Å². The Balaban J connectivity index is 2.47. The van der Waals surface area contributed by atoms with Gasteiger partial charge in [-0.2, -0.15) is 8.42 Å². The molecule has 5 heteroatoms. The Morgan fingerprint density at radius 3 is 2.64 bits per heavy atom. The Morgan fingerprint density at radius 2 is 2.07 bits per heavy atom. The lowest BCUT2D eigenvalue weighted by atomic mass is 10.1. The van der Waals surface area contributed by atoms with Crippen LogP contribution < -0.4 is 0 Å². The molecular weight excluding hydrogens is 220 g/mol. The molecule has 14 heavy (non-hydrogen) atoms. The molecule has 78 valence electrons. The highest BCUT2D eigenvalue weighted by Crippen LogP contribution is 2.10. The summed E-state index contributed by atoms with van der Waals surface area (Å²) in [7, 11) is -3.82. The summed E-state index contributed by atoms with van der Waals surface area (Å²) in [6.07, 6.45) is 1.06. The molecule has 0 spiro atoms. The SMILES string of the molecule is O=S(=O)(O)CCCc1cccc(S)c1. The van der Waals surface area contributed by atoms with Crippen molar-refractivity contribution in [3.8, 4) is 0 Å². The van der Waals surface area contributed by atoms with Crippen molar-refractivity contribution in [1.29, 1.82) is 0 Å². The van der Waals surface area contributed by atoms with E-state index in [4.69, 9.17) is 4.55 Å². The second kappa shape index (κ2) is 4.82. The predicted molar refractivity (Wildman–Crippen MR) is 58.4 cm³/mol. The molecule has 0 saturated carbocycles. The molecule has 0 unspecified atom stereocenters. The largest absolute Gasteiger partial charge is 0.286 e. The molecule has 1 aromatic carbocycles.